The van der Waals surface area contributed by atoms with Gasteiger partial charge in [0.15, 0.2) is 11.0 Å². The molecule has 1 amide bonds. The van der Waals surface area contributed by atoms with Gasteiger partial charge in [-0.2, -0.15) is 10.4 Å². The lowest BCUT2D eigenvalue weighted by Crippen LogP contribution is -2.28. The predicted molar refractivity (Wildman–Crippen MR) is 113 cm³/mol. The molecule has 1 aromatic carbocycles. The van der Waals surface area contributed by atoms with Gasteiger partial charge in [0.1, 0.15) is 17.7 Å². The number of rotatable bonds is 8. The number of hydrogen-bond donors (Lipinski definition) is 2. The molecule has 1 unspecified atom stereocenters. The molecule has 0 bridgehead atoms. The van der Waals surface area contributed by atoms with Gasteiger partial charge in [-0.25, -0.2) is 4.68 Å². The van der Waals surface area contributed by atoms with E-state index < -0.39 is 17.9 Å². The summed E-state index contributed by atoms with van der Waals surface area (Å²) in [5, 5.41) is 24.6. The average molecular weight is 440 g/mol. The number of carbonyl (C=O) groups is 2. The first-order valence-corrected chi connectivity index (χ1v) is 10.2. The maximum Gasteiger partial charge on any atom is 0.316 e. The van der Waals surface area contributed by atoms with Crippen LogP contribution in [0.4, 0.5) is 11.8 Å². The Morgan fingerprint density at radius 1 is 1.32 bits per heavy atom. The Hall–Kier alpha value is -3.85. The highest BCUT2D eigenvalue weighted by atomic mass is 32.2. The summed E-state index contributed by atoms with van der Waals surface area (Å²) in [4.78, 5) is 24.7. The van der Waals surface area contributed by atoms with Crippen LogP contribution in [0.3, 0.4) is 0 Å². The fraction of sp³-hybridized carbons (Fsp3) is 0.263. The summed E-state index contributed by atoms with van der Waals surface area (Å²) in [6.07, 6.45) is 1.75. The van der Waals surface area contributed by atoms with E-state index in [1.807, 2.05) is 24.3 Å². The van der Waals surface area contributed by atoms with Crippen molar-refractivity contribution in [1.82, 2.24) is 24.5 Å². The molecule has 0 aliphatic heterocycles. The second-order valence-electron chi connectivity index (χ2n) is 6.25. The van der Waals surface area contributed by atoms with Crippen molar-refractivity contribution >= 4 is 35.4 Å². The van der Waals surface area contributed by atoms with Crippen molar-refractivity contribution < 1.29 is 14.3 Å². The van der Waals surface area contributed by atoms with Gasteiger partial charge in [-0.3, -0.25) is 14.2 Å². The summed E-state index contributed by atoms with van der Waals surface area (Å²) in [6.45, 7) is 1.80. The molecule has 160 valence electrons. The Balaban J connectivity index is 1.90. The van der Waals surface area contributed by atoms with Gasteiger partial charge >= 0.3 is 5.97 Å². The first kappa shape index (κ1) is 21.8. The van der Waals surface area contributed by atoms with Crippen LogP contribution in [-0.2, 0) is 14.3 Å². The summed E-state index contributed by atoms with van der Waals surface area (Å²) in [7, 11) is 1.28. The highest BCUT2D eigenvalue weighted by Crippen LogP contribution is 2.27. The molecule has 3 aromatic rings. The number of nitrogens with one attached hydrogen (secondary N) is 1. The number of nitrogens with two attached hydrogens (primary N) is 1. The molecule has 1 atom stereocenters. The van der Waals surface area contributed by atoms with E-state index in [2.05, 4.69) is 25.3 Å². The molecule has 0 fully saturated rings. The molecule has 0 radical (unpaired) electrons. The number of anilines is 2. The molecule has 0 aliphatic rings. The fourth-order valence-electron chi connectivity index (χ4n) is 2.86. The van der Waals surface area contributed by atoms with Crippen LogP contribution in [0, 0.1) is 11.3 Å². The van der Waals surface area contributed by atoms with Crippen LogP contribution in [0.25, 0.3) is 5.69 Å². The lowest BCUT2D eigenvalue weighted by Gasteiger charge is -2.19. The van der Waals surface area contributed by atoms with Gasteiger partial charge in [0.05, 0.1) is 24.7 Å². The van der Waals surface area contributed by atoms with Crippen molar-refractivity contribution in [2.24, 2.45) is 0 Å². The molecule has 11 nitrogen and oxygen atoms in total. The molecule has 31 heavy (non-hydrogen) atoms. The highest BCUT2D eigenvalue weighted by molar-refractivity contribution is 7.99. The number of hydrogen-bond acceptors (Lipinski definition) is 9. The average Bonchev–Trinajstić information content (AvgIpc) is 3.36. The Morgan fingerprint density at radius 2 is 2.06 bits per heavy atom. The van der Waals surface area contributed by atoms with Gasteiger partial charge < -0.3 is 15.8 Å². The van der Waals surface area contributed by atoms with Crippen LogP contribution in [0.15, 0.2) is 41.7 Å². The van der Waals surface area contributed by atoms with Gasteiger partial charge in [0.25, 0.3) is 0 Å². The lowest BCUT2D eigenvalue weighted by atomic mass is 10.2. The van der Waals surface area contributed by atoms with Crippen LogP contribution in [0.2, 0.25) is 0 Å². The number of nitrogen functional groups attached to an aromatic ring is 1. The molecule has 12 heteroatoms. The van der Waals surface area contributed by atoms with Crippen molar-refractivity contribution in [3.63, 3.8) is 0 Å². The monoisotopic (exact) mass is 440 g/mol. The Labute approximate surface area is 182 Å². The molecule has 0 saturated heterocycles. The molecule has 0 spiro atoms. The van der Waals surface area contributed by atoms with E-state index in [1.54, 1.807) is 19.1 Å². The fourth-order valence-corrected chi connectivity index (χ4v) is 3.69. The third-order valence-corrected chi connectivity index (χ3v) is 5.29. The molecule has 0 aliphatic carbocycles. The summed E-state index contributed by atoms with van der Waals surface area (Å²) in [5.41, 5.74) is 6.85. The number of amides is 1. The second-order valence-corrected chi connectivity index (χ2v) is 7.20. The zero-order valence-electron chi connectivity index (χ0n) is 16.8. The number of nitriles is 1. The van der Waals surface area contributed by atoms with Crippen molar-refractivity contribution in [1.29, 1.82) is 5.26 Å². The van der Waals surface area contributed by atoms with Gasteiger partial charge in [-0.15, -0.1) is 10.2 Å². The number of carbonyl (C=O) groups excluding carboxylic acids is 2. The second kappa shape index (κ2) is 9.77. The minimum Gasteiger partial charge on any atom is -0.468 e. The van der Waals surface area contributed by atoms with Crippen molar-refractivity contribution in [3.05, 3.63) is 42.1 Å². The molecule has 2 aromatic heterocycles. The van der Waals surface area contributed by atoms with Gasteiger partial charge in [0, 0.05) is 0 Å². The smallest absolute Gasteiger partial charge is 0.316 e. The predicted octanol–water partition coefficient (Wildman–Crippen LogP) is 1.77. The number of para-hydroxylation sites is 1. The number of esters is 1. The van der Waals surface area contributed by atoms with Gasteiger partial charge in [-0.1, -0.05) is 36.9 Å². The molecule has 2 heterocycles. The zero-order valence-corrected chi connectivity index (χ0v) is 17.7. The van der Waals surface area contributed by atoms with Crippen LogP contribution >= 0.6 is 11.8 Å². The normalized spacial score (nSPS) is 11.5. The van der Waals surface area contributed by atoms with E-state index >= 15 is 0 Å². The standard InChI is InChI=1S/C19H20N8O3S/c1-3-14(26-18(21)24-25-19(26)31-11-15(28)30-2)17(29)23-16-12(9-20)10-22-27(16)13-7-5-4-6-8-13/h4-8,10,14H,3,11H2,1-2H3,(H2,21,24)(H,23,29). The first-order chi connectivity index (χ1) is 15.0. The van der Waals surface area contributed by atoms with Crippen LogP contribution in [-0.4, -0.2) is 49.3 Å². The molecular weight excluding hydrogens is 420 g/mol. The van der Waals surface area contributed by atoms with E-state index in [0.29, 0.717) is 17.3 Å². The number of ether oxygens (including phenoxy) is 1. The van der Waals surface area contributed by atoms with Crippen LogP contribution < -0.4 is 11.1 Å². The number of aromatic nitrogens is 5. The summed E-state index contributed by atoms with van der Waals surface area (Å²) in [5.74, 6) is -0.602. The Bertz CT molecular complexity index is 1120. The number of nitrogens with zero attached hydrogens (tertiary/aromatic N) is 6. The molecule has 3 rings (SSSR count). The van der Waals surface area contributed by atoms with Gasteiger partial charge in [0.2, 0.25) is 11.9 Å². The van der Waals surface area contributed by atoms with Crippen molar-refractivity contribution in [2.45, 2.75) is 24.5 Å². The number of benzene rings is 1. The largest absolute Gasteiger partial charge is 0.468 e. The Kier molecular flexibility index (Phi) is 6.88. The minimum absolute atomic E-state index is 0.00789. The summed E-state index contributed by atoms with van der Waals surface area (Å²) in [6, 6.07) is 10.4. The van der Waals surface area contributed by atoms with E-state index in [9.17, 15) is 14.9 Å². The van der Waals surface area contributed by atoms with Gasteiger partial charge in [-0.05, 0) is 18.6 Å². The Morgan fingerprint density at radius 3 is 2.71 bits per heavy atom. The first-order valence-electron chi connectivity index (χ1n) is 9.24. The number of thioether (sulfide) groups is 1. The SMILES string of the molecule is CCC(C(=O)Nc1c(C#N)cnn1-c1ccccc1)n1c(N)nnc1SCC(=O)OC. The van der Waals surface area contributed by atoms with Crippen molar-refractivity contribution in [3.8, 4) is 11.8 Å². The van der Waals surface area contributed by atoms with E-state index in [1.165, 1.54) is 22.6 Å². The van der Waals surface area contributed by atoms with Crippen LogP contribution in [0.5, 0.6) is 0 Å². The lowest BCUT2D eigenvalue weighted by molar-refractivity contribution is -0.137. The summed E-state index contributed by atoms with van der Waals surface area (Å²) >= 11 is 1.06. The third-order valence-electron chi connectivity index (χ3n) is 4.37. The highest BCUT2D eigenvalue weighted by Gasteiger charge is 2.27. The summed E-state index contributed by atoms with van der Waals surface area (Å²) < 4.78 is 7.57. The molecular formula is C19H20N8O3S. The zero-order chi connectivity index (χ0) is 22.4. The topological polar surface area (TPSA) is 154 Å². The van der Waals surface area contributed by atoms with E-state index in [4.69, 9.17) is 5.73 Å². The quantitative estimate of drug-likeness (QED) is 0.394. The molecule has 0 saturated carbocycles. The molecule has 3 N–H and O–H groups in total. The third kappa shape index (κ3) is 4.67. The number of methoxy groups -OCH3 is 1. The van der Waals surface area contributed by atoms with E-state index in [0.717, 1.165) is 11.8 Å². The minimum atomic E-state index is -0.777. The van der Waals surface area contributed by atoms with Crippen LogP contribution in [0.1, 0.15) is 24.9 Å². The van der Waals surface area contributed by atoms with Crippen molar-refractivity contribution in [2.75, 3.05) is 23.9 Å². The maximum atomic E-state index is 13.2. The van der Waals surface area contributed by atoms with E-state index in [-0.39, 0.29) is 23.1 Å². The maximum absolute atomic E-state index is 13.2.